The van der Waals surface area contributed by atoms with Crippen LogP contribution in [0.25, 0.3) is 20.5 Å². The van der Waals surface area contributed by atoms with Crippen LogP contribution in [0.3, 0.4) is 0 Å². The summed E-state index contributed by atoms with van der Waals surface area (Å²) in [6.45, 7) is 8.82. The number of hydrogen-bond acceptors (Lipinski definition) is 6. The Morgan fingerprint density at radius 2 is 1.60 bits per heavy atom. The summed E-state index contributed by atoms with van der Waals surface area (Å²) in [7, 11) is 0. The zero-order valence-electron chi connectivity index (χ0n) is 23.4. The summed E-state index contributed by atoms with van der Waals surface area (Å²) in [6.07, 6.45) is 5.43. The lowest BCUT2D eigenvalue weighted by Crippen LogP contribution is -2.33. The zero-order valence-corrected chi connectivity index (χ0v) is 24.3. The summed E-state index contributed by atoms with van der Waals surface area (Å²) in [5.74, 6) is 1.07. The number of ether oxygens (including phenoxy) is 1. The Hall–Kier alpha value is -2.90. The molecule has 0 spiro atoms. The summed E-state index contributed by atoms with van der Waals surface area (Å²) in [6, 6.07) is 20.9. The molecule has 0 aliphatic carbocycles. The molecule has 6 rings (SSSR count). The van der Waals surface area contributed by atoms with Gasteiger partial charge in [-0.15, -0.1) is 11.3 Å². The second kappa shape index (κ2) is 12.3. The minimum atomic E-state index is -0.482. The van der Waals surface area contributed by atoms with Crippen molar-refractivity contribution in [2.75, 3.05) is 39.3 Å². The maximum atomic E-state index is 10.4. The van der Waals surface area contributed by atoms with Gasteiger partial charge in [0, 0.05) is 22.7 Å². The minimum absolute atomic E-state index is 0.296. The fraction of sp³-hybridized carbons (Fsp3) is 0.412. The lowest BCUT2D eigenvalue weighted by molar-refractivity contribution is 0.0758. The van der Waals surface area contributed by atoms with E-state index in [1.165, 1.54) is 71.3 Å². The van der Waals surface area contributed by atoms with Crippen molar-refractivity contribution < 1.29 is 14.9 Å². The number of aromatic hydroxyl groups is 1. The van der Waals surface area contributed by atoms with Gasteiger partial charge in [0.15, 0.2) is 0 Å². The number of benzene rings is 3. The van der Waals surface area contributed by atoms with Crippen LogP contribution in [0.2, 0.25) is 0 Å². The van der Waals surface area contributed by atoms with Crippen LogP contribution < -0.4 is 4.74 Å². The number of fused-ring (bicyclic) bond motifs is 1. The fourth-order valence-corrected chi connectivity index (χ4v) is 7.45. The van der Waals surface area contributed by atoms with Gasteiger partial charge in [-0.3, -0.25) is 4.90 Å². The summed E-state index contributed by atoms with van der Waals surface area (Å²) in [4.78, 5) is 6.08. The molecule has 0 saturated carbocycles. The molecule has 2 aliphatic rings. The molecule has 3 heterocycles. The van der Waals surface area contributed by atoms with Crippen LogP contribution >= 0.6 is 11.3 Å². The molecule has 1 atom stereocenters. The van der Waals surface area contributed by atoms with E-state index in [1.807, 2.05) is 24.3 Å². The molecule has 2 N–H and O–H groups in total. The van der Waals surface area contributed by atoms with Crippen molar-refractivity contribution >= 4 is 21.4 Å². The molecule has 2 saturated heterocycles. The summed E-state index contributed by atoms with van der Waals surface area (Å²) in [5, 5.41) is 21.8. The number of likely N-dealkylation sites (tertiary alicyclic amines) is 2. The van der Waals surface area contributed by atoms with Gasteiger partial charge in [0.05, 0.1) is 0 Å². The average Bonchev–Trinajstić information content (AvgIpc) is 3.72. The van der Waals surface area contributed by atoms with E-state index in [1.54, 1.807) is 17.4 Å². The second-order valence-electron chi connectivity index (χ2n) is 11.5. The van der Waals surface area contributed by atoms with E-state index in [-0.39, 0.29) is 0 Å². The van der Waals surface area contributed by atoms with Crippen molar-refractivity contribution in [2.45, 2.75) is 51.7 Å². The molecule has 5 nitrogen and oxygen atoms in total. The summed E-state index contributed by atoms with van der Waals surface area (Å²) >= 11 is 1.73. The van der Waals surface area contributed by atoms with E-state index in [4.69, 9.17) is 4.74 Å². The highest BCUT2D eigenvalue weighted by Gasteiger charge is 2.18. The van der Waals surface area contributed by atoms with Crippen LogP contribution in [0, 0.1) is 6.92 Å². The number of rotatable bonds is 10. The van der Waals surface area contributed by atoms with Gasteiger partial charge in [-0.05, 0) is 141 Å². The second-order valence-corrected chi connectivity index (χ2v) is 12.6. The zero-order chi connectivity index (χ0) is 27.5. The molecule has 0 amide bonds. The van der Waals surface area contributed by atoms with Crippen molar-refractivity contribution in [1.29, 1.82) is 0 Å². The lowest BCUT2D eigenvalue weighted by atomic mass is 9.96. The molecule has 210 valence electrons. The first-order valence-corrected chi connectivity index (χ1v) is 15.5. The first-order valence-electron chi connectivity index (χ1n) is 14.7. The van der Waals surface area contributed by atoms with Gasteiger partial charge in [0.1, 0.15) is 24.2 Å². The predicted octanol–water partition coefficient (Wildman–Crippen LogP) is 6.60. The molecule has 0 bridgehead atoms. The first-order chi connectivity index (χ1) is 19.5. The lowest BCUT2D eigenvalue weighted by Gasteiger charge is -2.19. The highest BCUT2D eigenvalue weighted by molar-refractivity contribution is 7.22. The fourth-order valence-electron chi connectivity index (χ4n) is 6.19. The smallest absolute Gasteiger partial charge is 0.119 e. The minimum Gasteiger partial charge on any atom is -0.508 e. The molecule has 0 radical (unpaired) electrons. The number of β-amino-alcohol motifs (C(OH)–C–C–N with tert-alkyl or cyclic N) is 1. The molecular weight excluding hydrogens is 516 g/mol. The third-order valence-electron chi connectivity index (χ3n) is 8.38. The van der Waals surface area contributed by atoms with Gasteiger partial charge in [-0.2, -0.15) is 0 Å². The molecule has 1 unspecified atom stereocenters. The van der Waals surface area contributed by atoms with Gasteiger partial charge in [-0.1, -0.05) is 18.2 Å². The SMILES string of the molecule is Cc1cc(Cc2c(-c3ccc(OCC(O)CN4CCCC4)cc3)sc3cc(O)ccc23)ccc1CN1CCCC1. The summed E-state index contributed by atoms with van der Waals surface area (Å²) in [5.41, 5.74) is 6.52. The normalized spacial score (nSPS) is 17.1. The number of aliphatic hydroxyl groups excluding tert-OH is 1. The van der Waals surface area contributed by atoms with Gasteiger partial charge in [0.25, 0.3) is 0 Å². The van der Waals surface area contributed by atoms with Crippen molar-refractivity contribution in [3.05, 3.63) is 82.9 Å². The quantitative estimate of drug-likeness (QED) is 0.230. The van der Waals surface area contributed by atoms with Crippen molar-refractivity contribution in [3.63, 3.8) is 0 Å². The topological polar surface area (TPSA) is 56.2 Å². The third-order valence-corrected chi connectivity index (χ3v) is 9.63. The van der Waals surface area contributed by atoms with Crippen molar-refractivity contribution in [1.82, 2.24) is 9.80 Å². The molecule has 4 aromatic rings. The monoisotopic (exact) mass is 556 g/mol. The Labute approximate surface area is 241 Å². The largest absolute Gasteiger partial charge is 0.508 e. The first kappa shape index (κ1) is 27.3. The highest BCUT2D eigenvalue weighted by atomic mass is 32.1. The number of aliphatic hydroxyl groups is 1. The van der Waals surface area contributed by atoms with Gasteiger partial charge < -0.3 is 19.8 Å². The molecule has 2 aliphatic heterocycles. The van der Waals surface area contributed by atoms with Crippen LogP contribution in [0.4, 0.5) is 0 Å². The third kappa shape index (κ3) is 6.36. The van der Waals surface area contributed by atoms with E-state index >= 15 is 0 Å². The Balaban J connectivity index is 1.20. The number of thiophene rings is 1. The number of aryl methyl sites for hydroxylation is 1. The predicted molar refractivity (Wildman–Crippen MR) is 165 cm³/mol. The summed E-state index contributed by atoms with van der Waals surface area (Å²) < 4.78 is 7.03. The maximum Gasteiger partial charge on any atom is 0.119 e. The number of phenolic OH excluding ortho intramolecular Hbond substituents is 1. The Kier molecular flexibility index (Phi) is 8.40. The molecule has 2 fully saturated rings. The highest BCUT2D eigenvalue weighted by Crippen LogP contribution is 2.41. The van der Waals surface area contributed by atoms with Crippen molar-refractivity contribution in [2.24, 2.45) is 0 Å². The van der Waals surface area contributed by atoms with Crippen LogP contribution in [-0.4, -0.2) is 65.4 Å². The molecular formula is C34H40N2O3S. The molecule has 6 heteroatoms. The van der Waals surface area contributed by atoms with Crippen molar-refractivity contribution in [3.8, 4) is 21.9 Å². The Morgan fingerprint density at radius 1 is 0.875 bits per heavy atom. The van der Waals surface area contributed by atoms with E-state index < -0.39 is 6.10 Å². The Morgan fingerprint density at radius 3 is 2.33 bits per heavy atom. The molecule has 3 aromatic carbocycles. The molecule has 1 aromatic heterocycles. The Bertz CT molecular complexity index is 1440. The number of phenols is 1. The average molecular weight is 557 g/mol. The van der Waals surface area contributed by atoms with Crippen LogP contribution in [0.5, 0.6) is 11.5 Å². The van der Waals surface area contributed by atoms with E-state index in [2.05, 4.69) is 47.1 Å². The van der Waals surface area contributed by atoms with E-state index in [9.17, 15) is 10.2 Å². The standard InChI is InChI=1S/C34H40N2O3S/c1-24-18-25(6-7-27(24)21-35-14-2-3-15-35)19-32-31-13-10-28(37)20-33(31)40-34(32)26-8-11-30(12-9-26)39-23-29(38)22-36-16-4-5-17-36/h6-13,18,20,29,37-38H,2-5,14-17,19,21-23H2,1H3. The van der Waals surface area contributed by atoms with Gasteiger partial charge in [-0.25, -0.2) is 0 Å². The van der Waals surface area contributed by atoms with Crippen LogP contribution in [0.1, 0.15) is 47.9 Å². The number of hydrogen-bond donors (Lipinski definition) is 2. The molecule has 40 heavy (non-hydrogen) atoms. The van der Waals surface area contributed by atoms with Gasteiger partial charge >= 0.3 is 0 Å². The number of nitrogens with zero attached hydrogens (tertiary/aromatic N) is 2. The van der Waals surface area contributed by atoms with Crippen LogP contribution in [-0.2, 0) is 13.0 Å². The van der Waals surface area contributed by atoms with E-state index in [0.717, 1.165) is 42.1 Å². The van der Waals surface area contributed by atoms with Gasteiger partial charge in [0.2, 0.25) is 0 Å². The maximum absolute atomic E-state index is 10.4. The van der Waals surface area contributed by atoms with E-state index in [0.29, 0.717) is 18.9 Å². The van der Waals surface area contributed by atoms with Crippen LogP contribution in [0.15, 0.2) is 60.7 Å².